The van der Waals surface area contributed by atoms with Crippen LogP contribution in [0.25, 0.3) is 33.5 Å². The van der Waals surface area contributed by atoms with Crippen LogP contribution in [0.2, 0.25) is 0 Å². The Hall–Kier alpha value is -4.13. The van der Waals surface area contributed by atoms with Gasteiger partial charge in [-0.05, 0) is 51.7 Å². The van der Waals surface area contributed by atoms with Crippen LogP contribution in [0.1, 0.15) is 24.6 Å². The molecule has 0 aliphatic carbocycles. The van der Waals surface area contributed by atoms with Gasteiger partial charge in [0, 0.05) is 24.0 Å². The highest BCUT2D eigenvalue weighted by molar-refractivity contribution is 5.87. The molecule has 0 saturated carbocycles. The summed E-state index contributed by atoms with van der Waals surface area (Å²) in [5, 5.41) is 17.9. The van der Waals surface area contributed by atoms with Crippen molar-refractivity contribution >= 4 is 16.7 Å². The number of nitrogens with one attached hydrogen (secondary N) is 2. The molecular formula is C25H23N7. The Balaban J connectivity index is 1.38. The molecule has 0 unspecified atom stereocenters. The van der Waals surface area contributed by atoms with Crippen molar-refractivity contribution in [1.82, 2.24) is 30.6 Å². The van der Waals surface area contributed by atoms with E-state index in [1.165, 1.54) is 5.56 Å². The van der Waals surface area contributed by atoms with E-state index in [2.05, 4.69) is 74.2 Å². The third-order valence-electron chi connectivity index (χ3n) is 5.40. The number of fused-ring (bicyclic) bond motifs is 1. The highest BCUT2D eigenvalue weighted by atomic mass is 15.5. The maximum absolute atomic E-state index is 4.74. The first-order chi connectivity index (χ1) is 15.8. The monoisotopic (exact) mass is 421 g/mol. The average molecular weight is 422 g/mol. The minimum atomic E-state index is 0.659. The third-order valence-corrected chi connectivity index (χ3v) is 5.40. The quantitative estimate of drug-likeness (QED) is 0.382. The van der Waals surface area contributed by atoms with Crippen molar-refractivity contribution in [2.24, 2.45) is 0 Å². The minimum Gasteiger partial charge on any atom is -0.379 e. The summed E-state index contributed by atoms with van der Waals surface area (Å²) in [5.41, 5.74) is 8.29. The van der Waals surface area contributed by atoms with Crippen LogP contribution in [0.3, 0.4) is 0 Å². The van der Waals surface area contributed by atoms with E-state index < -0.39 is 0 Å². The smallest absolute Gasteiger partial charge is 0.180 e. The van der Waals surface area contributed by atoms with Crippen molar-refractivity contribution in [3.8, 4) is 22.5 Å². The number of aromatic amines is 1. The molecule has 5 aromatic rings. The van der Waals surface area contributed by atoms with Crippen LogP contribution < -0.4 is 5.32 Å². The third kappa shape index (κ3) is 4.05. The molecule has 7 nitrogen and oxygen atoms in total. The molecule has 0 fully saturated rings. The molecule has 7 heteroatoms. The number of rotatable bonds is 7. The molecule has 2 aromatic carbocycles. The van der Waals surface area contributed by atoms with Crippen LogP contribution in [0, 0.1) is 0 Å². The Labute approximate surface area is 186 Å². The van der Waals surface area contributed by atoms with E-state index in [1.54, 1.807) is 0 Å². The van der Waals surface area contributed by atoms with Crippen molar-refractivity contribution in [2.75, 3.05) is 5.32 Å². The van der Waals surface area contributed by atoms with Crippen molar-refractivity contribution in [3.05, 3.63) is 84.2 Å². The Morgan fingerprint density at radius 2 is 1.78 bits per heavy atom. The number of aryl methyl sites for hydroxylation is 1. The lowest BCUT2D eigenvalue weighted by Gasteiger charge is -2.12. The molecule has 3 heterocycles. The van der Waals surface area contributed by atoms with Gasteiger partial charge in [0.05, 0.1) is 11.2 Å². The second kappa shape index (κ2) is 8.93. The number of pyridine rings is 2. The fourth-order valence-corrected chi connectivity index (χ4v) is 3.85. The van der Waals surface area contributed by atoms with Crippen LogP contribution in [0.4, 0.5) is 5.69 Å². The number of tetrazole rings is 1. The van der Waals surface area contributed by atoms with Crippen molar-refractivity contribution in [3.63, 3.8) is 0 Å². The van der Waals surface area contributed by atoms with Gasteiger partial charge in [0.25, 0.3) is 0 Å². The molecule has 5 rings (SSSR count). The van der Waals surface area contributed by atoms with Gasteiger partial charge in [0.15, 0.2) is 5.82 Å². The summed E-state index contributed by atoms with van der Waals surface area (Å²) >= 11 is 0. The zero-order chi connectivity index (χ0) is 21.8. The Kier molecular flexibility index (Phi) is 5.53. The molecule has 0 aliphatic heterocycles. The van der Waals surface area contributed by atoms with Gasteiger partial charge in [-0.3, -0.25) is 9.97 Å². The highest BCUT2D eigenvalue weighted by Crippen LogP contribution is 2.30. The maximum atomic E-state index is 4.74. The summed E-state index contributed by atoms with van der Waals surface area (Å²) in [7, 11) is 0. The van der Waals surface area contributed by atoms with E-state index >= 15 is 0 Å². The Morgan fingerprint density at radius 3 is 2.56 bits per heavy atom. The lowest BCUT2D eigenvalue weighted by atomic mass is 9.98. The molecule has 0 spiro atoms. The van der Waals surface area contributed by atoms with Gasteiger partial charge in [-0.15, -0.1) is 5.10 Å². The molecule has 32 heavy (non-hydrogen) atoms. The van der Waals surface area contributed by atoms with Crippen LogP contribution in [-0.2, 0) is 13.0 Å². The van der Waals surface area contributed by atoms with Gasteiger partial charge < -0.3 is 5.32 Å². The zero-order valence-electron chi connectivity index (χ0n) is 17.8. The van der Waals surface area contributed by atoms with Gasteiger partial charge in [-0.25, -0.2) is 5.10 Å². The van der Waals surface area contributed by atoms with Gasteiger partial charge in [-0.2, -0.15) is 0 Å². The molecule has 3 aromatic heterocycles. The molecule has 158 valence electrons. The maximum Gasteiger partial charge on any atom is 0.180 e. The number of nitrogens with zero attached hydrogens (tertiary/aromatic N) is 5. The van der Waals surface area contributed by atoms with Crippen LogP contribution >= 0.6 is 0 Å². The summed E-state index contributed by atoms with van der Waals surface area (Å²) in [6, 6.07) is 22.7. The topological polar surface area (TPSA) is 92.3 Å². The SMILES string of the molecule is CCCc1cc(NCc2ccc(-c3ccccc3-c3nnn[nH]3)cc2)c2ncccc2n1. The molecule has 0 amide bonds. The van der Waals surface area contributed by atoms with Gasteiger partial charge in [-0.1, -0.05) is 61.9 Å². The lowest BCUT2D eigenvalue weighted by Crippen LogP contribution is -2.03. The molecular weight excluding hydrogens is 398 g/mol. The first-order valence-electron chi connectivity index (χ1n) is 10.7. The van der Waals surface area contributed by atoms with Gasteiger partial charge >= 0.3 is 0 Å². The van der Waals surface area contributed by atoms with E-state index in [4.69, 9.17) is 4.98 Å². The predicted octanol–water partition coefficient (Wildman–Crippen LogP) is 5.04. The summed E-state index contributed by atoms with van der Waals surface area (Å²) in [5.74, 6) is 0.659. The van der Waals surface area contributed by atoms with E-state index in [9.17, 15) is 0 Å². The molecule has 0 radical (unpaired) electrons. The Morgan fingerprint density at radius 1 is 0.938 bits per heavy atom. The number of hydrogen-bond donors (Lipinski definition) is 2. The summed E-state index contributed by atoms with van der Waals surface area (Å²) in [6.45, 7) is 2.87. The first-order valence-corrected chi connectivity index (χ1v) is 10.7. The summed E-state index contributed by atoms with van der Waals surface area (Å²) in [4.78, 5) is 9.27. The lowest BCUT2D eigenvalue weighted by molar-refractivity contribution is 0.881. The van der Waals surface area contributed by atoms with E-state index in [0.29, 0.717) is 12.4 Å². The number of hydrogen-bond acceptors (Lipinski definition) is 6. The first kappa shape index (κ1) is 19.8. The Bertz CT molecular complexity index is 1330. The van der Waals surface area contributed by atoms with Crippen molar-refractivity contribution in [1.29, 1.82) is 0 Å². The highest BCUT2D eigenvalue weighted by Gasteiger charge is 2.10. The summed E-state index contributed by atoms with van der Waals surface area (Å²) < 4.78 is 0. The standard InChI is InChI=1S/C25H23N7/c1-2-6-19-15-23(24-22(28-19)9-5-14-26-24)27-16-17-10-12-18(13-11-17)20-7-3-4-8-21(20)25-29-31-32-30-25/h3-5,7-15H,2,6,16H2,1H3,(H,27,28)(H,29,30,31,32). The normalized spacial score (nSPS) is 11.0. The van der Waals surface area contributed by atoms with E-state index in [-0.39, 0.29) is 0 Å². The molecule has 2 N–H and O–H groups in total. The van der Waals surface area contributed by atoms with Crippen LogP contribution in [0.5, 0.6) is 0 Å². The second-order valence-electron chi connectivity index (χ2n) is 7.63. The largest absolute Gasteiger partial charge is 0.379 e. The number of H-pyrrole nitrogens is 1. The predicted molar refractivity (Wildman–Crippen MR) is 126 cm³/mol. The number of anilines is 1. The van der Waals surface area contributed by atoms with E-state index in [1.807, 2.05) is 36.5 Å². The minimum absolute atomic E-state index is 0.659. The molecule has 0 atom stereocenters. The molecule has 0 saturated heterocycles. The van der Waals surface area contributed by atoms with Crippen LogP contribution in [0.15, 0.2) is 72.9 Å². The zero-order valence-corrected chi connectivity index (χ0v) is 17.8. The van der Waals surface area contributed by atoms with Gasteiger partial charge in [0.2, 0.25) is 0 Å². The molecule has 0 bridgehead atoms. The van der Waals surface area contributed by atoms with Crippen LogP contribution in [-0.4, -0.2) is 30.6 Å². The van der Waals surface area contributed by atoms with Crippen molar-refractivity contribution in [2.45, 2.75) is 26.3 Å². The fourth-order valence-electron chi connectivity index (χ4n) is 3.85. The second-order valence-corrected chi connectivity index (χ2v) is 7.63. The fraction of sp³-hybridized carbons (Fsp3) is 0.160. The van der Waals surface area contributed by atoms with Gasteiger partial charge in [0.1, 0.15) is 5.52 Å². The van der Waals surface area contributed by atoms with E-state index in [0.717, 1.165) is 51.9 Å². The number of benzene rings is 2. The summed E-state index contributed by atoms with van der Waals surface area (Å²) in [6.07, 6.45) is 3.82. The molecule has 0 aliphatic rings. The average Bonchev–Trinajstić information content (AvgIpc) is 3.38. The van der Waals surface area contributed by atoms with Crippen molar-refractivity contribution < 1.29 is 0 Å². The number of aromatic nitrogens is 6.